The van der Waals surface area contributed by atoms with Crippen LogP contribution in [0.15, 0.2) is 30.6 Å². The van der Waals surface area contributed by atoms with Crippen LogP contribution in [0.3, 0.4) is 0 Å². The third kappa shape index (κ3) is 3.72. The summed E-state index contributed by atoms with van der Waals surface area (Å²) >= 11 is 0. The first-order valence-electron chi connectivity index (χ1n) is 13.1. The first-order chi connectivity index (χ1) is 17.6. The Morgan fingerprint density at radius 1 is 1.25 bits per heavy atom. The Bertz CT molecular complexity index is 1250. The van der Waals surface area contributed by atoms with Crippen LogP contribution in [0.1, 0.15) is 56.5 Å². The van der Waals surface area contributed by atoms with Gasteiger partial charge in [0, 0.05) is 30.2 Å². The number of aliphatic hydroxyl groups excluding tert-OH is 1. The molecule has 2 bridgehead atoms. The molecule has 0 amide bonds. The van der Waals surface area contributed by atoms with E-state index in [2.05, 4.69) is 26.3 Å². The summed E-state index contributed by atoms with van der Waals surface area (Å²) in [4.78, 5) is 7.06. The lowest BCUT2D eigenvalue weighted by molar-refractivity contribution is -0.123. The average molecular weight is 494 g/mol. The quantitative estimate of drug-likeness (QED) is 0.580. The first-order valence-corrected chi connectivity index (χ1v) is 13.1. The molecule has 8 rings (SSSR count). The molecule has 6 heterocycles. The van der Waals surface area contributed by atoms with Crippen LogP contribution in [-0.4, -0.2) is 74.5 Å². The molecular weight excluding hydrogens is 458 g/mol. The van der Waals surface area contributed by atoms with Gasteiger partial charge in [-0.25, -0.2) is 4.68 Å². The largest absolute Gasteiger partial charge is 0.484 e. The number of ether oxygens (including phenoxy) is 3. The summed E-state index contributed by atoms with van der Waals surface area (Å²) in [5, 5.41) is 19.6. The Labute approximate surface area is 211 Å². The standard InChI is InChI=1S/C25H29N5O4.C2H6/c1-16(34-18-2-3-22-21(6-18)20-4-5-32-11-17(20)7-26-22)23-9-30(28-27-23)24-12-25(13-24)15-33-19(10-31)8-29(25)14-24;1-2/h2-3,6-7,9,16,19,31H,4-5,8,10-15H2,1H3;1-2H3/t16-,19?,24?,25?;/m1./s1. The van der Waals surface area contributed by atoms with Crippen LogP contribution in [0.25, 0.3) is 10.9 Å². The fraction of sp³-hybridized carbons (Fsp3) is 0.593. The molecule has 0 radical (unpaired) electrons. The number of aliphatic hydroxyl groups is 1. The van der Waals surface area contributed by atoms with Crippen molar-refractivity contribution >= 4 is 10.9 Å². The Morgan fingerprint density at radius 2 is 2.11 bits per heavy atom. The van der Waals surface area contributed by atoms with Gasteiger partial charge in [-0.15, -0.1) is 5.10 Å². The second-order valence-corrected chi connectivity index (χ2v) is 10.4. The van der Waals surface area contributed by atoms with E-state index in [-0.39, 0.29) is 29.9 Å². The highest BCUT2D eigenvalue weighted by molar-refractivity contribution is 5.84. The van der Waals surface area contributed by atoms with Crippen LogP contribution in [0.2, 0.25) is 0 Å². The molecule has 1 aliphatic carbocycles. The Hall–Kier alpha value is -2.59. The second kappa shape index (κ2) is 9.06. The number of benzene rings is 1. The minimum atomic E-state index is -0.224. The molecule has 2 atom stereocenters. The van der Waals surface area contributed by atoms with Crippen LogP contribution >= 0.6 is 0 Å². The van der Waals surface area contributed by atoms with E-state index in [0.29, 0.717) is 13.2 Å². The third-order valence-electron chi connectivity index (χ3n) is 8.21. The van der Waals surface area contributed by atoms with E-state index in [1.807, 2.05) is 50.0 Å². The topological polar surface area (TPSA) is 94.8 Å². The molecule has 9 heteroatoms. The summed E-state index contributed by atoms with van der Waals surface area (Å²) in [5.74, 6) is 0.808. The van der Waals surface area contributed by atoms with Gasteiger partial charge in [-0.2, -0.15) is 0 Å². The Kier molecular flexibility index (Phi) is 5.99. The van der Waals surface area contributed by atoms with Gasteiger partial charge in [0.2, 0.25) is 0 Å². The van der Waals surface area contributed by atoms with Gasteiger partial charge in [0.25, 0.3) is 0 Å². The molecule has 5 aliphatic rings. The molecule has 192 valence electrons. The van der Waals surface area contributed by atoms with Gasteiger partial charge in [-0.3, -0.25) is 9.88 Å². The van der Waals surface area contributed by atoms with Gasteiger partial charge in [0.05, 0.1) is 49.8 Å². The highest BCUT2D eigenvalue weighted by atomic mass is 16.5. The molecule has 3 saturated heterocycles. The van der Waals surface area contributed by atoms with E-state index in [0.717, 1.165) is 66.9 Å². The maximum Gasteiger partial charge on any atom is 0.141 e. The predicted octanol–water partition coefficient (Wildman–Crippen LogP) is 3.00. The summed E-state index contributed by atoms with van der Waals surface area (Å²) in [5.41, 5.74) is 4.34. The van der Waals surface area contributed by atoms with Gasteiger partial charge in [-0.1, -0.05) is 19.1 Å². The summed E-state index contributed by atoms with van der Waals surface area (Å²) < 4.78 is 19.8. The van der Waals surface area contributed by atoms with Crippen molar-refractivity contribution in [3.63, 3.8) is 0 Å². The molecule has 1 N–H and O–H groups in total. The van der Waals surface area contributed by atoms with Gasteiger partial charge in [0.15, 0.2) is 0 Å². The zero-order valence-corrected chi connectivity index (χ0v) is 21.3. The maximum absolute atomic E-state index is 9.49. The van der Waals surface area contributed by atoms with E-state index in [9.17, 15) is 5.11 Å². The summed E-state index contributed by atoms with van der Waals surface area (Å²) in [6.07, 6.45) is 6.59. The lowest BCUT2D eigenvalue weighted by atomic mass is 9.67. The molecule has 2 aromatic heterocycles. The minimum absolute atomic E-state index is 0.0333. The van der Waals surface area contributed by atoms with Crippen LogP contribution < -0.4 is 4.74 Å². The molecule has 3 aromatic rings. The molecule has 4 fully saturated rings. The molecule has 1 aromatic carbocycles. The van der Waals surface area contributed by atoms with Gasteiger partial charge >= 0.3 is 0 Å². The van der Waals surface area contributed by atoms with Gasteiger partial charge in [0.1, 0.15) is 17.5 Å². The van der Waals surface area contributed by atoms with Crippen molar-refractivity contribution in [2.75, 3.05) is 32.9 Å². The van der Waals surface area contributed by atoms with Crippen LogP contribution in [0.5, 0.6) is 5.75 Å². The third-order valence-corrected chi connectivity index (χ3v) is 8.21. The minimum Gasteiger partial charge on any atom is -0.484 e. The van der Waals surface area contributed by atoms with Crippen molar-refractivity contribution in [3.8, 4) is 5.75 Å². The summed E-state index contributed by atoms with van der Waals surface area (Å²) in [7, 11) is 0. The fourth-order valence-corrected chi connectivity index (χ4v) is 6.48. The maximum atomic E-state index is 9.49. The summed E-state index contributed by atoms with van der Waals surface area (Å²) in [6, 6.07) is 6.09. The highest BCUT2D eigenvalue weighted by Gasteiger charge is 2.68. The molecule has 9 nitrogen and oxygen atoms in total. The SMILES string of the molecule is CC.C[C@@H](Oc1ccc2ncc3c(c2c1)CCOC3)c1cn(C23CN4CC(CO)OCC4(C2)C3)nn1. The number of pyridine rings is 1. The number of rotatable bonds is 5. The van der Waals surface area contributed by atoms with E-state index >= 15 is 0 Å². The van der Waals surface area contributed by atoms with Crippen LogP contribution in [0, 0.1) is 0 Å². The predicted molar refractivity (Wildman–Crippen MR) is 134 cm³/mol. The molecule has 1 saturated carbocycles. The average Bonchev–Trinajstić information content (AvgIpc) is 3.61. The fourth-order valence-electron chi connectivity index (χ4n) is 6.48. The van der Waals surface area contributed by atoms with Crippen molar-refractivity contribution in [2.45, 2.75) is 69.9 Å². The van der Waals surface area contributed by atoms with Crippen LogP contribution in [-0.2, 0) is 28.0 Å². The monoisotopic (exact) mass is 493 g/mol. The van der Waals surface area contributed by atoms with Crippen LogP contribution in [0.4, 0.5) is 0 Å². The molecule has 1 spiro atoms. The molecular formula is C27H35N5O4. The van der Waals surface area contributed by atoms with Gasteiger partial charge < -0.3 is 19.3 Å². The number of hydrogen-bond acceptors (Lipinski definition) is 8. The summed E-state index contributed by atoms with van der Waals surface area (Å²) in [6.45, 7) is 9.85. The molecule has 1 unspecified atom stereocenters. The number of fused-ring (bicyclic) bond motifs is 3. The smallest absolute Gasteiger partial charge is 0.141 e. The van der Waals surface area contributed by atoms with E-state index < -0.39 is 0 Å². The van der Waals surface area contributed by atoms with E-state index in [4.69, 9.17) is 14.2 Å². The lowest BCUT2D eigenvalue weighted by Crippen LogP contribution is -2.60. The van der Waals surface area contributed by atoms with Crippen molar-refractivity contribution in [2.24, 2.45) is 0 Å². The number of morpholine rings is 1. The van der Waals surface area contributed by atoms with Gasteiger partial charge in [-0.05, 0) is 55.5 Å². The highest BCUT2D eigenvalue weighted by Crippen LogP contribution is 2.58. The number of hydrogen-bond donors (Lipinski definition) is 1. The Balaban J connectivity index is 0.00000117. The normalized spacial score (nSPS) is 29.5. The van der Waals surface area contributed by atoms with Crippen molar-refractivity contribution in [3.05, 3.63) is 47.4 Å². The zero-order chi connectivity index (χ0) is 24.9. The van der Waals surface area contributed by atoms with Crippen molar-refractivity contribution < 1.29 is 19.3 Å². The van der Waals surface area contributed by atoms with E-state index in [1.54, 1.807) is 0 Å². The number of nitrogens with zero attached hydrogens (tertiary/aromatic N) is 5. The van der Waals surface area contributed by atoms with Crippen molar-refractivity contribution in [1.82, 2.24) is 24.9 Å². The zero-order valence-electron chi connectivity index (χ0n) is 21.3. The number of aromatic nitrogens is 4. The van der Waals surface area contributed by atoms with Crippen molar-refractivity contribution in [1.29, 1.82) is 0 Å². The first kappa shape index (κ1) is 23.8. The Morgan fingerprint density at radius 3 is 2.94 bits per heavy atom. The lowest BCUT2D eigenvalue weighted by Gasteiger charge is -2.50. The van der Waals surface area contributed by atoms with E-state index in [1.165, 1.54) is 5.56 Å². The second-order valence-electron chi connectivity index (χ2n) is 10.4. The molecule has 36 heavy (non-hydrogen) atoms. The molecule has 4 aliphatic heterocycles.